The number of aliphatic hydroxyl groups excluding tert-OH is 1. The lowest BCUT2D eigenvalue weighted by Gasteiger charge is -2.17. The van der Waals surface area contributed by atoms with Gasteiger partial charge in [-0.15, -0.1) is 0 Å². The normalized spacial score (nSPS) is 12.6. The summed E-state index contributed by atoms with van der Waals surface area (Å²) in [5, 5.41) is 11.8. The van der Waals surface area contributed by atoms with Gasteiger partial charge in [-0.2, -0.15) is 0 Å². The lowest BCUT2D eigenvalue weighted by atomic mass is 9.94. The van der Waals surface area contributed by atoms with E-state index in [1.54, 1.807) is 6.20 Å². The lowest BCUT2D eigenvalue weighted by Crippen LogP contribution is -2.04. The Morgan fingerprint density at radius 1 is 1.05 bits per heavy atom. The van der Waals surface area contributed by atoms with Gasteiger partial charge in [-0.25, -0.2) is 0 Å². The molecule has 106 valence electrons. The van der Waals surface area contributed by atoms with Crippen LogP contribution >= 0.6 is 15.9 Å². The molecule has 0 saturated heterocycles. The summed E-state index contributed by atoms with van der Waals surface area (Å²) in [4.78, 5) is 4.45. The van der Waals surface area contributed by atoms with Gasteiger partial charge in [0.2, 0.25) is 0 Å². The fraction of sp³-hybridized carbons (Fsp3) is 0.167. The second kappa shape index (κ2) is 5.58. The topological polar surface area (TPSA) is 33.1 Å². The third-order valence-electron chi connectivity index (χ3n) is 3.77. The molecule has 1 aromatic heterocycles. The van der Waals surface area contributed by atoms with Gasteiger partial charge in [0, 0.05) is 21.6 Å². The van der Waals surface area contributed by atoms with Crippen LogP contribution in [0.2, 0.25) is 0 Å². The minimum Gasteiger partial charge on any atom is -0.384 e. The summed E-state index contributed by atoms with van der Waals surface area (Å²) in [5.41, 5.74) is 4.83. The molecule has 0 aliphatic rings. The Labute approximate surface area is 132 Å². The summed E-state index contributed by atoms with van der Waals surface area (Å²) in [6.45, 7) is 4.06. The summed E-state index contributed by atoms with van der Waals surface area (Å²) in [5.74, 6) is 0. The Morgan fingerprint density at radius 2 is 1.86 bits per heavy atom. The molecule has 1 N–H and O–H groups in total. The molecule has 0 spiro atoms. The minimum absolute atomic E-state index is 0.671. The summed E-state index contributed by atoms with van der Waals surface area (Å²) in [7, 11) is 0. The Hall–Kier alpha value is -1.71. The number of nitrogens with zero attached hydrogens (tertiary/aromatic N) is 1. The van der Waals surface area contributed by atoms with Crippen molar-refractivity contribution in [1.29, 1.82) is 0 Å². The zero-order chi connectivity index (χ0) is 15.0. The molecule has 3 heteroatoms. The molecule has 0 saturated carbocycles. The van der Waals surface area contributed by atoms with Gasteiger partial charge in [0.1, 0.15) is 6.10 Å². The largest absolute Gasteiger partial charge is 0.384 e. The highest BCUT2D eigenvalue weighted by Gasteiger charge is 2.17. The first-order chi connectivity index (χ1) is 10.1. The Bertz CT molecular complexity index is 813. The summed E-state index contributed by atoms with van der Waals surface area (Å²) < 4.78 is 0.988. The van der Waals surface area contributed by atoms with Gasteiger partial charge in [-0.1, -0.05) is 51.8 Å². The van der Waals surface area contributed by atoms with Crippen LogP contribution in [0.15, 0.2) is 53.1 Å². The minimum atomic E-state index is -0.671. The molecule has 0 fully saturated rings. The van der Waals surface area contributed by atoms with E-state index in [2.05, 4.69) is 27.0 Å². The molecule has 0 aliphatic heterocycles. The Kier molecular flexibility index (Phi) is 3.79. The molecular weight excluding hydrogens is 326 g/mol. The number of fused-ring (bicyclic) bond motifs is 1. The molecule has 0 bridgehead atoms. The molecule has 0 aliphatic carbocycles. The monoisotopic (exact) mass is 341 g/mol. The van der Waals surface area contributed by atoms with Crippen molar-refractivity contribution in [1.82, 2.24) is 4.98 Å². The van der Waals surface area contributed by atoms with Crippen LogP contribution in [0.1, 0.15) is 28.4 Å². The predicted octanol–water partition coefficient (Wildman–Crippen LogP) is 4.70. The fourth-order valence-corrected chi connectivity index (χ4v) is 3.05. The molecule has 21 heavy (non-hydrogen) atoms. The first kappa shape index (κ1) is 14.2. The molecule has 2 aromatic carbocycles. The third-order valence-corrected chi connectivity index (χ3v) is 4.46. The average molecular weight is 342 g/mol. The van der Waals surface area contributed by atoms with E-state index in [4.69, 9.17) is 0 Å². The smallest absolute Gasteiger partial charge is 0.106 e. The second-order valence-electron chi connectivity index (χ2n) is 5.30. The van der Waals surface area contributed by atoms with Crippen LogP contribution in [0, 0.1) is 13.8 Å². The van der Waals surface area contributed by atoms with Gasteiger partial charge in [-0.05, 0) is 37.1 Å². The van der Waals surface area contributed by atoms with Crippen LogP contribution in [0.5, 0.6) is 0 Å². The highest BCUT2D eigenvalue weighted by atomic mass is 79.9. The van der Waals surface area contributed by atoms with Gasteiger partial charge < -0.3 is 5.11 Å². The summed E-state index contributed by atoms with van der Waals surface area (Å²) in [6.07, 6.45) is 1.09. The van der Waals surface area contributed by atoms with E-state index >= 15 is 0 Å². The van der Waals surface area contributed by atoms with E-state index in [0.29, 0.717) is 0 Å². The van der Waals surface area contributed by atoms with Crippen molar-refractivity contribution < 1.29 is 5.11 Å². The average Bonchev–Trinajstić information content (AvgIpc) is 2.50. The molecular formula is C18H16BrNO. The van der Waals surface area contributed by atoms with Crippen molar-refractivity contribution in [2.45, 2.75) is 20.0 Å². The number of benzene rings is 2. The van der Waals surface area contributed by atoms with E-state index in [1.807, 2.05) is 50.2 Å². The molecule has 1 unspecified atom stereocenters. The maximum Gasteiger partial charge on any atom is 0.106 e. The van der Waals surface area contributed by atoms with Gasteiger partial charge in [-0.3, -0.25) is 4.98 Å². The van der Waals surface area contributed by atoms with Gasteiger partial charge >= 0.3 is 0 Å². The van der Waals surface area contributed by atoms with Crippen LogP contribution in [0.3, 0.4) is 0 Å². The first-order valence-electron chi connectivity index (χ1n) is 6.86. The molecule has 3 aromatic rings. The highest BCUT2D eigenvalue weighted by Crippen LogP contribution is 2.33. The SMILES string of the molecule is Cc1ccc(C)c(C(O)c2ccc(Br)c3cccnc23)c1. The standard InChI is InChI=1S/C18H16BrNO/c1-11-5-6-12(2)15(10-11)18(21)14-7-8-16(19)13-4-3-9-20-17(13)14/h3-10,18,21H,1-2H3. The van der Waals surface area contributed by atoms with Crippen molar-refractivity contribution >= 4 is 26.8 Å². The molecule has 1 atom stereocenters. The van der Waals surface area contributed by atoms with Crippen LogP contribution in [0.4, 0.5) is 0 Å². The zero-order valence-corrected chi connectivity index (χ0v) is 13.6. The molecule has 3 rings (SSSR count). The summed E-state index contributed by atoms with van der Waals surface area (Å²) >= 11 is 3.54. The van der Waals surface area contributed by atoms with Gasteiger partial charge in [0.25, 0.3) is 0 Å². The number of hydrogen-bond donors (Lipinski definition) is 1. The molecule has 0 radical (unpaired) electrons. The van der Waals surface area contributed by atoms with Crippen LogP contribution in [0.25, 0.3) is 10.9 Å². The number of aliphatic hydroxyl groups is 1. The quantitative estimate of drug-likeness (QED) is 0.733. The number of hydrogen-bond acceptors (Lipinski definition) is 2. The maximum atomic E-state index is 10.8. The number of rotatable bonds is 2. The van der Waals surface area contributed by atoms with Gasteiger partial charge in [0.05, 0.1) is 5.52 Å². The van der Waals surface area contributed by atoms with E-state index < -0.39 is 6.10 Å². The zero-order valence-electron chi connectivity index (χ0n) is 12.0. The number of halogens is 1. The van der Waals surface area contributed by atoms with Crippen LogP contribution in [-0.4, -0.2) is 10.1 Å². The molecule has 0 amide bonds. The Balaban J connectivity index is 2.20. The van der Waals surface area contributed by atoms with Crippen molar-refractivity contribution in [3.05, 3.63) is 75.4 Å². The van der Waals surface area contributed by atoms with Crippen molar-refractivity contribution in [2.75, 3.05) is 0 Å². The van der Waals surface area contributed by atoms with E-state index in [0.717, 1.165) is 37.6 Å². The second-order valence-corrected chi connectivity index (χ2v) is 6.15. The number of pyridine rings is 1. The number of aromatic nitrogens is 1. The van der Waals surface area contributed by atoms with Crippen molar-refractivity contribution in [2.24, 2.45) is 0 Å². The first-order valence-corrected chi connectivity index (χ1v) is 7.65. The van der Waals surface area contributed by atoms with E-state index in [9.17, 15) is 5.11 Å². The fourth-order valence-electron chi connectivity index (χ4n) is 2.60. The van der Waals surface area contributed by atoms with Gasteiger partial charge in [0.15, 0.2) is 0 Å². The lowest BCUT2D eigenvalue weighted by molar-refractivity contribution is 0.221. The Morgan fingerprint density at radius 3 is 2.67 bits per heavy atom. The maximum absolute atomic E-state index is 10.8. The molecule has 2 nitrogen and oxygen atoms in total. The van der Waals surface area contributed by atoms with E-state index in [1.165, 1.54) is 0 Å². The highest BCUT2D eigenvalue weighted by molar-refractivity contribution is 9.10. The van der Waals surface area contributed by atoms with Crippen molar-refractivity contribution in [3.63, 3.8) is 0 Å². The summed E-state index contributed by atoms with van der Waals surface area (Å²) in [6, 6.07) is 14.0. The third kappa shape index (κ3) is 2.59. The molecule has 1 heterocycles. The number of aryl methyl sites for hydroxylation is 2. The van der Waals surface area contributed by atoms with E-state index in [-0.39, 0.29) is 0 Å². The predicted molar refractivity (Wildman–Crippen MR) is 89.4 cm³/mol. The van der Waals surface area contributed by atoms with Crippen LogP contribution < -0.4 is 0 Å². The van der Waals surface area contributed by atoms with Crippen LogP contribution in [-0.2, 0) is 0 Å². The van der Waals surface area contributed by atoms with Crippen molar-refractivity contribution in [3.8, 4) is 0 Å².